The lowest BCUT2D eigenvalue weighted by molar-refractivity contribution is 0.105. The molecular formula is C15H12BrClO3S. The zero-order valence-corrected chi connectivity index (χ0v) is 14.5. The number of allylic oxidation sites excluding steroid dienone is 1. The number of methoxy groups -OCH3 is 2. The molecule has 1 aromatic heterocycles. The molecule has 0 aliphatic heterocycles. The molecule has 0 aliphatic rings. The van der Waals surface area contributed by atoms with Crippen LogP contribution in [0.5, 0.6) is 11.5 Å². The van der Waals surface area contributed by atoms with E-state index >= 15 is 0 Å². The fraction of sp³-hybridized carbons (Fsp3) is 0.133. The van der Waals surface area contributed by atoms with Crippen molar-refractivity contribution >= 4 is 50.7 Å². The zero-order chi connectivity index (χ0) is 15.4. The molecule has 3 nitrogen and oxygen atoms in total. The number of halogens is 2. The number of thiophene rings is 1. The van der Waals surface area contributed by atoms with E-state index < -0.39 is 0 Å². The van der Waals surface area contributed by atoms with Crippen molar-refractivity contribution in [3.8, 4) is 11.5 Å². The van der Waals surface area contributed by atoms with Crippen LogP contribution in [-0.4, -0.2) is 20.0 Å². The summed E-state index contributed by atoms with van der Waals surface area (Å²) in [5, 5.41) is 0. The number of hydrogen-bond donors (Lipinski definition) is 0. The minimum absolute atomic E-state index is 0.0893. The molecular weight excluding hydrogens is 376 g/mol. The molecule has 0 amide bonds. The van der Waals surface area contributed by atoms with E-state index in [0.29, 0.717) is 20.7 Å². The van der Waals surface area contributed by atoms with Gasteiger partial charge in [0.15, 0.2) is 17.3 Å². The molecule has 1 aromatic carbocycles. The van der Waals surface area contributed by atoms with Gasteiger partial charge in [-0.15, -0.1) is 11.3 Å². The first-order valence-corrected chi connectivity index (χ1v) is 7.93. The summed E-state index contributed by atoms with van der Waals surface area (Å²) in [6, 6.07) is 7.02. The summed E-state index contributed by atoms with van der Waals surface area (Å²) in [7, 11) is 3.14. The van der Waals surface area contributed by atoms with Crippen LogP contribution in [0.3, 0.4) is 0 Å². The van der Waals surface area contributed by atoms with Gasteiger partial charge in [0.05, 0.1) is 23.4 Å². The minimum Gasteiger partial charge on any atom is -0.493 e. The fourth-order valence-electron chi connectivity index (χ4n) is 1.69. The van der Waals surface area contributed by atoms with Gasteiger partial charge in [-0.25, -0.2) is 0 Å². The van der Waals surface area contributed by atoms with Gasteiger partial charge in [-0.1, -0.05) is 27.5 Å². The van der Waals surface area contributed by atoms with Gasteiger partial charge in [0.2, 0.25) is 0 Å². The van der Waals surface area contributed by atoms with Crippen molar-refractivity contribution in [2.45, 2.75) is 0 Å². The second kappa shape index (κ2) is 7.11. The highest BCUT2D eigenvalue weighted by atomic mass is 79.9. The van der Waals surface area contributed by atoms with E-state index in [0.717, 1.165) is 10.0 Å². The van der Waals surface area contributed by atoms with Crippen LogP contribution < -0.4 is 9.47 Å². The lowest BCUT2D eigenvalue weighted by Crippen LogP contribution is -1.93. The second-order valence-electron chi connectivity index (χ2n) is 4.03. The molecule has 0 aliphatic carbocycles. The summed E-state index contributed by atoms with van der Waals surface area (Å²) in [5.41, 5.74) is 0.823. The van der Waals surface area contributed by atoms with Crippen molar-refractivity contribution in [2.75, 3.05) is 14.2 Å². The van der Waals surface area contributed by atoms with Crippen molar-refractivity contribution in [1.82, 2.24) is 0 Å². The summed E-state index contributed by atoms with van der Waals surface area (Å²) in [6.07, 6.45) is 3.23. The van der Waals surface area contributed by atoms with E-state index in [1.165, 1.54) is 17.4 Å². The predicted molar refractivity (Wildman–Crippen MR) is 89.9 cm³/mol. The molecule has 0 fully saturated rings. The standard InChI is InChI=1S/C15H12BrClO3S/c1-19-12-7-9(10(16)8-13(12)20-2)3-4-11(18)14-5-6-15(17)21-14/h3-8H,1-2H3/b4-3+. The predicted octanol–water partition coefficient (Wildman–Crippen LogP) is 5.08. The van der Waals surface area contributed by atoms with Crippen LogP contribution in [0.2, 0.25) is 4.34 Å². The Morgan fingerprint density at radius 3 is 2.48 bits per heavy atom. The van der Waals surface area contributed by atoms with Gasteiger partial charge in [-0.2, -0.15) is 0 Å². The van der Waals surface area contributed by atoms with Crippen molar-refractivity contribution in [3.05, 3.63) is 49.6 Å². The van der Waals surface area contributed by atoms with E-state index in [4.69, 9.17) is 21.1 Å². The van der Waals surface area contributed by atoms with Crippen LogP contribution >= 0.6 is 38.9 Å². The number of carbonyl (C=O) groups is 1. The van der Waals surface area contributed by atoms with E-state index in [2.05, 4.69) is 15.9 Å². The van der Waals surface area contributed by atoms with E-state index in [1.54, 1.807) is 44.6 Å². The molecule has 2 aromatic rings. The summed E-state index contributed by atoms with van der Waals surface area (Å²) >= 11 is 10.5. The lowest BCUT2D eigenvalue weighted by atomic mass is 10.1. The third-order valence-electron chi connectivity index (χ3n) is 2.73. The highest BCUT2D eigenvalue weighted by molar-refractivity contribution is 9.10. The Bertz CT molecular complexity index is 694. The van der Waals surface area contributed by atoms with Crippen LogP contribution in [0.15, 0.2) is 34.8 Å². The fourth-order valence-corrected chi connectivity index (χ4v) is 3.11. The Morgan fingerprint density at radius 2 is 1.90 bits per heavy atom. The van der Waals surface area contributed by atoms with Crippen molar-refractivity contribution in [3.63, 3.8) is 0 Å². The summed E-state index contributed by atoms with van der Waals surface area (Å²) in [5.74, 6) is 1.14. The number of rotatable bonds is 5. The molecule has 0 saturated carbocycles. The van der Waals surface area contributed by atoms with Gasteiger partial charge < -0.3 is 9.47 Å². The van der Waals surface area contributed by atoms with Crippen LogP contribution in [0.25, 0.3) is 6.08 Å². The molecule has 0 spiro atoms. The smallest absolute Gasteiger partial charge is 0.195 e. The van der Waals surface area contributed by atoms with E-state index in [-0.39, 0.29) is 5.78 Å². The highest BCUT2D eigenvalue weighted by Crippen LogP contribution is 2.34. The highest BCUT2D eigenvalue weighted by Gasteiger charge is 2.09. The normalized spacial score (nSPS) is 10.9. The number of hydrogen-bond acceptors (Lipinski definition) is 4. The third-order valence-corrected chi connectivity index (χ3v) is 4.67. The molecule has 21 heavy (non-hydrogen) atoms. The molecule has 0 saturated heterocycles. The lowest BCUT2D eigenvalue weighted by Gasteiger charge is -2.09. The quantitative estimate of drug-likeness (QED) is 0.530. The van der Waals surface area contributed by atoms with Crippen molar-refractivity contribution < 1.29 is 14.3 Å². The second-order valence-corrected chi connectivity index (χ2v) is 6.60. The largest absolute Gasteiger partial charge is 0.493 e. The first kappa shape index (κ1) is 16.1. The van der Waals surface area contributed by atoms with Gasteiger partial charge in [0.25, 0.3) is 0 Å². The zero-order valence-electron chi connectivity index (χ0n) is 11.4. The molecule has 0 bridgehead atoms. The van der Waals surface area contributed by atoms with Crippen LogP contribution in [0.1, 0.15) is 15.2 Å². The summed E-state index contributed by atoms with van der Waals surface area (Å²) in [4.78, 5) is 12.6. The molecule has 0 unspecified atom stereocenters. The number of carbonyl (C=O) groups excluding carboxylic acids is 1. The molecule has 6 heteroatoms. The Balaban J connectivity index is 2.26. The summed E-state index contributed by atoms with van der Waals surface area (Å²) in [6.45, 7) is 0. The van der Waals surface area contributed by atoms with Crippen LogP contribution in [-0.2, 0) is 0 Å². The third kappa shape index (κ3) is 3.87. The van der Waals surface area contributed by atoms with Crippen LogP contribution in [0.4, 0.5) is 0 Å². The van der Waals surface area contributed by atoms with E-state index in [9.17, 15) is 4.79 Å². The van der Waals surface area contributed by atoms with Crippen molar-refractivity contribution in [2.24, 2.45) is 0 Å². The Morgan fingerprint density at radius 1 is 1.24 bits per heavy atom. The molecule has 0 atom stereocenters. The van der Waals surface area contributed by atoms with Crippen molar-refractivity contribution in [1.29, 1.82) is 0 Å². The Labute approximate surface area is 140 Å². The number of ketones is 1. The number of ether oxygens (including phenoxy) is 2. The minimum atomic E-state index is -0.0893. The van der Waals surface area contributed by atoms with E-state index in [1.807, 2.05) is 0 Å². The first-order valence-electron chi connectivity index (χ1n) is 5.94. The average Bonchev–Trinajstić information content (AvgIpc) is 2.91. The maximum atomic E-state index is 12.0. The molecule has 0 radical (unpaired) electrons. The molecule has 1 heterocycles. The topological polar surface area (TPSA) is 35.5 Å². The van der Waals surface area contributed by atoms with Crippen LogP contribution in [0, 0.1) is 0 Å². The molecule has 0 N–H and O–H groups in total. The van der Waals surface area contributed by atoms with Gasteiger partial charge in [0.1, 0.15) is 0 Å². The SMILES string of the molecule is COc1cc(Br)c(/C=C/C(=O)c2ccc(Cl)s2)cc1OC. The Kier molecular flexibility index (Phi) is 5.45. The number of benzene rings is 1. The Hall–Kier alpha value is -1.30. The van der Waals surface area contributed by atoms with Gasteiger partial charge in [0, 0.05) is 4.47 Å². The van der Waals surface area contributed by atoms with Gasteiger partial charge in [-0.3, -0.25) is 4.79 Å². The molecule has 2 rings (SSSR count). The van der Waals surface area contributed by atoms with Gasteiger partial charge in [-0.05, 0) is 42.0 Å². The first-order chi connectivity index (χ1) is 10.0. The molecule has 110 valence electrons. The summed E-state index contributed by atoms with van der Waals surface area (Å²) < 4.78 is 11.9. The maximum Gasteiger partial charge on any atom is 0.195 e. The monoisotopic (exact) mass is 386 g/mol. The maximum absolute atomic E-state index is 12.0. The average molecular weight is 388 g/mol. The van der Waals surface area contributed by atoms with Gasteiger partial charge >= 0.3 is 0 Å².